The van der Waals surface area contributed by atoms with Crippen LogP contribution in [-0.2, 0) is 0 Å². The third-order valence-electron chi connectivity index (χ3n) is 1.89. The van der Waals surface area contributed by atoms with E-state index in [4.69, 9.17) is 10.8 Å². The molecular formula is C8H7N5O3. The van der Waals surface area contributed by atoms with Crippen molar-refractivity contribution in [3.05, 3.63) is 34.6 Å². The second kappa shape index (κ2) is 3.50. The van der Waals surface area contributed by atoms with Gasteiger partial charge in [0.15, 0.2) is 11.5 Å². The van der Waals surface area contributed by atoms with Crippen molar-refractivity contribution in [1.29, 1.82) is 0 Å². The lowest BCUT2D eigenvalue weighted by molar-refractivity contribution is 0.0690. The van der Waals surface area contributed by atoms with E-state index in [1.165, 1.54) is 12.3 Å². The van der Waals surface area contributed by atoms with Crippen LogP contribution >= 0.6 is 0 Å². The summed E-state index contributed by atoms with van der Waals surface area (Å²) in [7, 11) is 0. The number of carboxylic acid groups (broad SMARTS) is 1. The van der Waals surface area contributed by atoms with Crippen LogP contribution in [0.2, 0.25) is 0 Å². The van der Waals surface area contributed by atoms with Crippen LogP contribution < -0.4 is 11.3 Å². The minimum Gasteiger partial charge on any atom is -0.476 e. The minimum atomic E-state index is -1.16. The molecule has 0 aromatic carbocycles. The number of hydrogen-bond acceptors (Lipinski definition) is 5. The molecule has 0 aliphatic rings. The largest absolute Gasteiger partial charge is 0.476 e. The van der Waals surface area contributed by atoms with Crippen LogP contribution in [0.3, 0.4) is 0 Å². The molecule has 0 radical (unpaired) electrons. The van der Waals surface area contributed by atoms with Crippen molar-refractivity contribution in [3.63, 3.8) is 0 Å². The summed E-state index contributed by atoms with van der Waals surface area (Å²) in [5.41, 5.74) is 4.71. The van der Waals surface area contributed by atoms with Crippen LogP contribution in [-0.4, -0.2) is 30.8 Å². The number of aromatic nitrogens is 4. The highest BCUT2D eigenvalue weighted by atomic mass is 16.4. The molecule has 0 unspecified atom stereocenters. The topological polar surface area (TPSA) is 127 Å². The molecule has 16 heavy (non-hydrogen) atoms. The molecule has 8 heteroatoms. The first-order chi connectivity index (χ1) is 7.59. The zero-order chi connectivity index (χ0) is 11.7. The van der Waals surface area contributed by atoms with Crippen molar-refractivity contribution in [2.45, 2.75) is 0 Å². The van der Waals surface area contributed by atoms with E-state index in [1.807, 2.05) is 0 Å². The van der Waals surface area contributed by atoms with Crippen LogP contribution in [0.25, 0.3) is 5.82 Å². The van der Waals surface area contributed by atoms with Gasteiger partial charge in [-0.15, -0.1) is 0 Å². The number of nitrogen functional groups attached to an aromatic ring is 1. The average Bonchev–Trinajstić information content (AvgIpc) is 2.71. The number of nitrogens with zero attached hydrogens (tertiary/aromatic N) is 3. The fraction of sp³-hybridized carbons (Fsp3) is 0. The SMILES string of the molecule is Nc1c(-n2ccc(C(=O)O)n2)nc[nH]c1=O. The molecule has 0 spiro atoms. The van der Waals surface area contributed by atoms with Gasteiger partial charge in [-0.1, -0.05) is 0 Å². The van der Waals surface area contributed by atoms with Crippen LogP contribution in [0.5, 0.6) is 0 Å². The zero-order valence-corrected chi connectivity index (χ0v) is 7.91. The summed E-state index contributed by atoms with van der Waals surface area (Å²) in [5.74, 6) is -1.07. The Morgan fingerprint density at radius 3 is 2.94 bits per heavy atom. The maximum absolute atomic E-state index is 11.2. The summed E-state index contributed by atoms with van der Waals surface area (Å²) in [4.78, 5) is 27.9. The Bertz CT molecular complexity index is 600. The molecule has 0 fully saturated rings. The molecule has 0 saturated heterocycles. The van der Waals surface area contributed by atoms with E-state index >= 15 is 0 Å². The average molecular weight is 221 g/mol. The Balaban J connectivity index is 2.55. The number of H-pyrrole nitrogens is 1. The summed E-state index contributed by atoms with van der Waals surface area (Å²) < 4.78 is 1.13. The number of hydrogen-bond donors (Lipinski definition) is 3. The molecule has 0 aliphatic carbocycles. The normalized spacial score (nSPS) is 10.2. The van der Waals surface area contributed by atoms with Gasteiger partial charge in [-0.25, -0.2) is 14.5 Å². The third-order valence-corrected chi connectivity index (χ3v) is 1.89. The van der Waals surface area contributed by atoms with Gasteiger partial charge in [-0.3, -0.25) is 4.79 Å². The Hall–Kier alpha value is -2.64. The maximum atomic E-state index is 11.2. The predicted octanol–water partition coefficient (Wildman–Crippen LogP) is -0.764. The highest BCUT2D eigenvalue weighted by Crippen LogP contribution is 2.07. The van der Waals surface area contributed by atoms with Crippen molar-refractivity contribution >= 4 is 11.7 Å². The van der Waals surface area contributed by atoms with Gasteiger partial charge < -0.3 is 15.8 Å². The van der Waals surface area contributed by atoms with Crippen molar-refractivity contribution in [2.75, 3.05) is 5.73 Å². The van der Waals surface area contributed by atoms with E-state index in [1.54, 1.807) is 0 Å². The number of aromatic carboxylic acids is 1. The first-order valence-corrected chi connectivity index (χ1v) is 4.22. The van der Waals surface area contributed by atoms with Crippen LogP contribution in [0.15, 0.2) is 23.4 Å². The first kappa shape index (κ1) is 9.90. The molecule has 0 aliphatic heterocycles. The van der Waals surface area contributed by atoms with Crippen molar-refractivity contribution in [3.8, 4) is 5.82 Å². The lowest BCUT2D eigenvalue weighted by Crippen LogP contribution is -2.17. The molecule has 82 valence electrons. The van der Waals surface area contributed by atoms with E-state index < -0.39 is 11.5 Å². The monoisotopic (exact) mass is 221 g/mol. The predicted molar refractivity (Wildman–Crippen MR) is 53.4 cm³/mol. The number of anilines is 1. The Kier molecular flexibility index (Phi) is 2.16. The van der Waals surface area contributed by atoms with Gasteiger partial charge in [-0.2, -0.15) is 5.10 Å². The van der Waals surface area contributed by atoms with Crippen LogP contribution in [0.4, 0.5) is 5.69 Å². The van der Waals surface area contributed by atoms with Gasteiger partial charge in [0.25, 0.3) is 5.56 Å². The molecule has 4 N–H and O–H groups in total. The van der Waals surface area contributed by atoms with Gasteiger partial charge in [0.1, 0.15) is 5.69 Å². The number of nitrogens with two attached hydrogens (primary N) is 1. The number of carbonyl (C=O) groups is 1. The Labute approximate surface area is 88.4 Å². The van der Waals surface area contributed by atoms with Gasteiger partial charge in [0.05, 0.1) is 6.33 Å². The third kappa shape index (κ3) is 1.52. The van der Waals surface area contributed by atoms with Crippen LogP contribution in [0, 0.1) is 0 Å². The lowest BCUT2D eigenvalue weighted by atomic mass is 10.4. The quantitative estimate of drug-likeness (QED) is 0.611. The van der Waals surface area contributed by atoms with E-state index in [2.05, 4.69) is 15.1 Å². The molecular weight excluding hydrogens is 214 g/mol. The van der Waals surface area contributed by atoms with Crippen LogP contribution in [0.1, 0.15) is 10.5 Å². The summed E-state index contributed by atoms with van der Waals surface area (Å²) in [5, 5.41) is 12.4. The molecule has 0 saturated carbocycles. The van der Waals surface area contributed by atoms with E-state index in [-0.39, 0.29) is 17.2 Å². The summed E-state index contributed by atoms with van der Waals surface area (Å²) >= 11 is 0. The smallest absolute Gasteiger partial charge is 0.356 e. The second-order valence-electron chi connectivity index (χ2n) is 2.92. The van der Waals surface area contributed by atoms with Gasteiger partial charge in [-0.05, 0) is 6.07 Å². The molecule has 2 rings (SSSR count). The van der Waals surface area contributed by atoms with E-state index in [9.17, 15) is 9.59 Å². The number of aromatic amines is 1. The Morgan fingerprint density at radius 1 is 1.56 bits per heavy atom. The zero-order valence-electron chi connectivity index (χ0n) is 7.91. The molecule has 2 aromatic heterocycles. The summed E-state index contributed by atoms with van der Waals surface area (Å²) in [6.45, 7) is 0. The summed E-state index contributed by atoms with van der Waals surface area (Å²) in [6.07, 6.45) is 2.53. The van der Waals surface area contributed by atoms with E-state index in [0.717, 1.165) is 11.0 Å². The fourth-order valence-electron chi connectivity index (χ4n) is 1.14. The molecule has 8 nitrogen and oxygen atoms in total. The molecule has 2 aromatic rings. The lowest BCUT2D eigenvalue weighted by Gasteiger charge is -2.01. The fourth-order valence-corrected chi connectivity index (χ4v) is 1.14. The highest BCUT2D eigenvalue weighted by molar-refractivity contribution is 5.85. The molecule has 0 atom stereocenters. The number of rotatable bonds is 2. The number of carboxylic acids is 1. The van der Waals surface area contributed by atoms with Crippen molar-refractivity contribution < 1.29 is 9.90 Å². The van der Waals surface area contributed by atoms with Crippen molar-refractivity contribution in [1.82, 2.24) is 19.7 Å². The molecule has 2 heterocycles. The second-order valence-corrected chi connectivity index (χ2v) is 2.92. The molecule has 0 bridgehead atoms. The van der Waals surface area contributed by atoms with Gasteiger partial charge >= 0.3 is 5.97 Å². The molecule has 0 amide bonds. The van der Waals surface area contributed by atoms with Crippen molar-refractivity contribution in [2.24, 2.45) is 0 Å². The Morgan fingerprint density at radius 2 is 2.31 bits per heavy atom. The standard InChI is InChI=1S/C8H7N5O3/c9-5-6(10-3-11-7(5)14)13-2-1-4(12-13)8(15)16/h1-3H,9H2,(H,15,16)(H,10,11,14). The van der Waals surface area contributed by atoms with E-state index in [0.29, 0.717) is 0 Å². The van der Waals surface area contributed by atoms with Gasteiger partial charge in [0, 0.05) is 6.20 Å². The number of nitrogens with one attached hydrogen (secondary N) is 1. The minimum absolute atomic E-state index is 0.0938. The summed E-state index contributed by atoms with van der Waals surface area (Å²) in [6, 6.07) is 1.28. The first-order valence-electron chi connectivity index (χ1n) is 4.22. The van der Waals surface area contributed by atoms with Gasteiger partial charge in [0.2, 0.25) is 0 Å². The highest BCUT2D eigenvalue weighted by Gasteiger charge is 2.11. The maximum Gasteiger partial charge on any atom is 0.356 e.